The van der Waals surface area contributed by atoms with Crippen molar-refractivity contribution in [2.24, 2.45) is 0 Å². The first kappa shape index (κ1) is 16.8. The Labute approximate surface area is 134 Å². The van der Waals surface area contributed by atoms with E-state index in [1.165, 1.54) is 12.1 Å². The molecule has 2 aromatic rings. The van der Waals surface area contributed by atoms with E-state index in [-0.39, 0.29) is 5.56 Å². The Morgan fingerprint density at radius 2 is 1.83 bits per heavy atom. The number of carbonyl (C=O) groups excluding carboxylic acids is 1. The second kappa shape index (κ2) is 8.17. The van der Waals surface area contributed by atoms with Crippen molar-refractivity contribution in [1.82, 2.24) is 20.5 Å². The number of nitrogens with one attached hydrogen (secondary N) is 2. The molecule has 7 heteroatoms. The molecule has 2 N–H and O–H groups in total. The molecule has 0 radical (unpaired) electrons. The molecule has 0 aliphatic carbocycles. The van der Waals surface area contributed by atoms with Crippen LogP contribution in [0, 0.1) is 5.82 Å². The normalized spacial score (nSPS) is 10.4. The minimum Gasteiger partial charge on any atom is -0.351 e. The number of amides is 1. The van der Waals surface area contributed by atoms with Gasteiger partial charge in [0, 0.05) is 13.1 Å². The van der Waals surface area contributed by atoms with Gasteiger partial charge in [0.2, 0.25) is 5.95 Å². The van der Waals surface area contributed by atoms with Crippen molar-refractivity contribution in [1.29, 1.82) is 0 Å². The van der Waals surface area contributed by atoms with Gasteiger partial charge in [-0.2, -0.15) is 5.10 Å². The Kier molecular flexibility index (Phi) is 5.96. The molecule has 0 saturated heterocycles. The monoisotopic (exact) mass is 317 g/mol. The molecule has 1 amide bonds. The number of aromatic nitrogens is 3. The largest absolute Gasteiger partial charge is 0.351 e. The summed E-state index contributed by atoms with van der Waals surface area (Å²) in [6.07, 6.45) is 1.58. The molecule has 23 heavy (non-hydrogen) atoms. The summed E-state index contributed by atoms with van der Waals surface area (Å²) in [4.78, 5) is 16.2. The van der Waals surface area contributed by atoms with Crippen molar-refractivity contribution in [2.75, 3.05) is 18.4 Å². The predicted molar refractivity (Wildman–Crippen MR) is 85.8 cm³/mol. The number of aryl methyl sites for hydroxylation is 2. The third-order valence-corrected chi connectivity index (χ3v) is 3.32. The summed E-state index contributed by atoms with van der Waals surface area (Å²) in [6.45, 7) is 4.78. The van der Waals surface area contributed by atoms with Gasteiger partial charge in [0.25, 0.3) is 5.91 Å². The van der Waals surface area contributed by atoms with Crippen molar-refractivity contribution in [3.63, 3.8) is 0 Å². The van der Waals surface area contributed by atoms with Crippen molar-refractivity contribution >= 4 is 11.9 Å². The van der Waals surface area contributed by atoms with Crippen LogP contribution in [0.4, 0.5) is 10.3 Å². The number of hydrogen-bond donors (Lipinski definition) is 2. The highest BCUT2D eigenvalue weighted by Crippen LogP contribution is 2.07. The van der Waals surface area contributed by atoms with E-state index in [1.54, 1.807) is 12.1 Å². The number of nitrogens with zero attached hydrogens (tertiary/aromatic N) is 3. The maximum absolute atomic E-state index is 13.5. The zero-order valence-corrected chi connectivity index (χ0v) is 13.3. The van der Waals surface area contributed by atoms with Gasteiger partial charge in [-0.15, -0.1) is 5.10 Å². The molecule has 0 aliphatic heterocycles. The maximum atomic E-state index is 13.5. The molecule has 1 aromatic heterocycles. The summed E-state index contributed by atoms with van der Waals surface area (Å²) in [6, 6.07) is 5.87. The fourth-order valence-electron chi connectivity index (χ4n) is 2.10. The van der Waals surface area contributed by atoms with Crippen LogP contribution < -0.4 is 10.6 Å². The molecule has 2 rings (SSSR count). The molecule has 122 valence electrons. The van der Waals surface area contributed by atoms with E-state index in [0.717, 1.165) is 24.2 Å². The van der Waals surface area contributed by atoms with Crippen LogP contribution >= 0.6 is 0 Å². The van der Waals surface area contributed by atoms with Crippen molar-refractivity contribution in [2.45, 2.75) is 26.7 Å². The number of halogens is 1. The van der Waals surface area contributed by atoms with E-state index in [0.29, 0.717) is 19.0 Å². The zero-order chi connectivity index (χ0) is 16.7. The molecule has 0 unspecified atom stereocenters. The Morgan fingerprint density at radius 1 is 1.09 bits per heavy atom. The highest BCUT2D eigenvalue weighted by atomic mass is 19.1. The molecular formula is C16H20FN5O. The van der Waals surface area contributed by atoms with Crippen molar-refractivity contribution < 1.29 is 9.18 Å². The van der Waals surface area contributed by atoms with Crippen LogP contribution in [0.2, 0.25) is 0 Å². The summed E-state index contributed by atoms with van der Waals surface area (Å²) < 4.78 is 13.5. The summed E-state index contributed by atoms with van der Waals surface area (Å²) in [7, 11) is 0. The number of anilines is 1. The predicted octanol–water partition coefficient (Wildman–Crippen LogP) is 1.98. The molecule has 0 bridgehead atoms. The number of benzene rings is 1. The average Bonchev–Trinajstić information content (AvgIpc) is 2.58. The van der Waals surface area contributed by atoms with Gasteiger partial charge in [0.1, 0.15) is 5.82 Å². The topological polar surface area (TPSA) is 79.8 Å². The van der Waals surface area contributed by atoms with E-state index in [2.05, 4.69) is 25.8 Å². The van der Waals surface area contributed by atoms with Crippen LogP contribution in [0.25, 0.3) is 0 Å². The smallest absolute Gasteiger partial charge is 0.254 e. The van der Waals surface area contributed by atoms with Gasteiger partial charge in [-0.1, -0.05) is 26.0 Å². The van der Waals surface area contributed by atoms with Crippen molar-refractivity contribution in [3.8, 4) is 0 Å². The fourth-order valence-corrected chi connectivity index (χ4v) is 2.10. The Bertz CT molecular complexity index is 677. The zero-order valence-electron chi connectivity index (χ0n) is 13.3. The van der Waals surface area contributed by atoms with Crippen LogP contribution in [0.1, 0.15) is 35.6 Å². The van der Waals surface area contributed by atoms with E-state index in [1.807, 2.05) is 13.8 Å². The molecule has 6 nitrogen and oxygen atoms in total. The first-order chi connectivity index (χ1) is 11.2. The first-order valence-corrected chi connectivity index (χ1v) is 7.64. The van der Waals surface area contributed by atoms with E-state index < -0.39 is 11.7 Å². The summed E-state index contributed by atoms with van der Waals surface area (Å²) >= 11 is 0. The fraction of sp³-hybridized carbons (Fsp3) is 0.375. The Balaban J connectivity index is 1.84. The van der Waals surface area contributed by atoms with Gasteiger partial charge >= 0.3 is 0 Å². The minimum atomic E-state index is -0.534. The van der Waals surface area contributed by atoms with Gasteiger partial charge in [0.05, 0.1) is 17.0 Å². The Hall–Kier alpha value is -2.57. The van der Waals surface area contributed by atoms with Crippen molar-refractivity contribution in [3.05, 3.63) is 47.0 Å². The second-order valence-corrected chi connectivity index (χ2v) is 4.90. The quantitative estimate of drug-likeness (QED) is 0.763. The molecule has 0 spiro atoms. The third-order valence-electron chi connectivity index (χ3n) is 3.32. The van der Waals surface area contributed by atoms with E-state index >= 15 is 0 Å². The lowest BCUT2D eigenvalue weighted by Crippen LogP contribution is -2.29. The molecule has 0 fully saturated rings. The van der Waals surface area contributed by atoms with Gasteiger partial charge in [-0.05, 0) is 25.0 Å². The van der Waals surface area contributed by atoms with Crippen LogP contribution in [-0.4, -0.2) is 34.2 Å². The number of hydrogen-bond acceptors (Lipinski definition) is 5. The summed E-state index contributed by atoms with van der Waals surface area (Å²) in [5.74, 6) is -0.549. The lowest BCUT2D eigenvalue weighted by atomic mass is 10.2. The SMILES string of the molecule is CCc1nnc(NCCNC(=O)c2ccccc2F)nc1CC. The molecule has 1 aromatic carbocycles. The molecule has 1 heterocycles. The third kappa shape index (κ3) is 4.45. The van der Waals surface area contributed by atoms with Crippen LogP contribution in [0.15, 0.2) is 24.3 Å². The van der Waals surface area contributed by atoms with Gasteiger partial charge in [0.15, 0.2) is 0 Å². The summed E-state index contributed by atoms with van der Waals surface area (Å²) in [5.41, 5.74) is 1.84. The molecular weight excluding hydrogens is 297 g/mol. The van der Waals surface area contributed by atoms with Gasteiger partial charge in [-0.3, -0.25) is 4.79 Å². The molecule has 0 saturated carbocycles. The standard InChI is InChI=1S/C16H20FN5O/c1-3-13-14(4-2)21-22-16(20-13)19-10-9-18-15(23)11-7-5-6-8-12(11)17/h5-8H,3-4,9-10H2,1-2H3,(H,18,23)(H,19,20,22). The van der Waals surface area contributed by atoms with E-state index in [4.69, 9.17) is 0 Å². The van der Waals surface area contributed by atoms with Crippen LogP contribution in [0.5, 0.6) is 0 Å². The van der Waals surface area contributed by atoms with E-state index in [9.17, 15) is 9.18 Å². The summed E-state index contributed by atoms with van der Waals surface area (Å²) in [5, 5.41) is 13.8. The minimum absolute atomic E-state index is 0.0333. The lowest BCUT2D eigenvalue weighted by molar-refractivity contribution is 0.0951. The van der Waals surface area contributed by atoms with Crippen LogP contribution in [-0.2, 0) is 12.8 Å². The maximum Gasteiger partial charge on any atom is 0.254 e. The lowest BCUT2D eigenvalue weighted by Gasteiger charge is -2.09. The highest BCUT2D eigenvalue weighted by Gasteiger charge is 2.10. The van der Waals surface area contributed by atoms with Gasteiger partial charge < -0.3 is 10.6 Å². The Morgan fingerprint density at radius 3 is 2.52 bits per heavy atom. The number of rotatable bonds is 7. The first-order valence-electron chi connectivity index (χ1n) is 7.64. The highest BCUT2D eigenvalue weighted by molar-refractivity contribution is 5.94. The van der Waals surface area contributed by atoms with Gasteiger partial charge in [-0.25, -0.2) is 9.37 Å². The average molecular weight is 317 g/mol. The molecule has 0 atom stereocenters. The van der Waals surface area contributed by atoms with Crippen LogP contribution in [0.3, 0.4) is 0 Å². The second-order valence-electron chi connectivity index (χ2n) is 4.90. The molecule has 0 aliphatic rings. The number of carbonyl (C=O) groups is 1.